The minimum absolute atomic E-state index is 0.0352. The zero-order valence-electron chi connectivity index (χ0n) is 22.9. The normalized spacial score (nSPS) is 14.5. The van der Waals surface area contributed by atoms with Crippen molar-refractivity contribution in [1.82, 2.24) is 9.78 Å². The lowest BCUT2D eigenvalue weighted by molar-refractivity contribution is -0.0753. The van der Waals surface area contributed by atoms with Crippen molar-refractivity contribution >= 4 is 23.7 Å². The van der Waals surface area contributed by atoms with Gasteiger partial charge in [0.1, 0.15) is 11.8 Å². The van der Waals surface area contributed by atoms with Crippen molar-refractivity contribution in [2.24, 2.45) is 4.99 Å². The average Bonchev–Trinajstić information content (AvgIpc) is 3.08. The molecular weight excluding hydrogens is 442 g/mol. The Morgan fingerprint density at radius 1 is 1.09 bits per heavy atom. The van der Waals surface area contributed by atoms with Crippen LogP contribution in [0.25, 0.3) is 11.3 Å². The van der Waals surface area contributed by atoms with Crippen LogP contribution in [-0.4, -0.2) is 41.6 Å². The number of aromatic nitrogens is 2. The summed E-state index contributed by atoms with van der Waals surface area (Å²) < 4.78 is 18.9. The fraction of sp³-hybridized carbons (Fsp3) is 0.536. The number of nitrogens with zero attached hydrogens (tertiary/aromatic N) is 3. The Labute approximate surface area is 210 Å². The van der Waals surface area contributed by atoms with Gasteiger partial charge in [0.15, 0.2) is 5.76 Å². The van der Waals surface area contributed by atoms with E-state index in [1.807, 2.05) is 39.3 Å². The molecule has 0 bridgehead atoms. The highest BCUT2D eigenvalue weighted by molar-refractivity contribution is 6.18. The summed E-state index contributed by atoms with van der Waals surface area (Å²) in [5.41, 5.74) is 5.70. The molecule has 0 saturated heterocycles. The molecule has 7 nitrogen and oxygen atoms in total. The summed E-state index contributed by atoms with van der Waals surface area (Å²) in [5, 5.41) is 4.68. The number of benzene rings is 1. The number of rotatable bonds is 9. The maximum atomic E-state index is 12.2. The Balaban J connectivity index is 2.63. The van der Waals surface area contributed by atoms with Crippen LogP contribution in [0.2, 0.25) is 0 Å². The predicted octanol–water partition coefficient (Wildman–Crippen LogP) is 6.70. The van der Waals surface area contributed by atoms with Gasteiger partial charge in [-0.25, -0.2) is 4.79 Å². The van der Waals surface area contributed by atoms with E-state index in [4.69, 9.17) is 14.2 Å². The SMILES string of the molecule is CCC(C)OC(=O)OC(C)O/C(=C(/C=NC)c1ccc(C(C)(C)C)cc1)c1c(C)c(C)nn1CC. The summed E-state index contributed by atoms with van der Waals surface area (Å²) in [6.45, 7) is 18.7. The number of hydrogen-bond acceptors (Lipinski definition) is 6. The lowest BCUT2D eigenvalue weighted by Crippen LogP contribution is -2.23. The van der Waals surface area contributed by atoms with Crippen LogP contribution in [0.1, 0.15) is 83.0 Å². The molecule has 35 heavy (non-hydrogen) atoms. The maximum absolute atomic E-state index is 12.2. The second kappa shape index (κ2) is 12.0. The summed E-state index contributed by atoms with van der Waals surface area (Å²) in [5.74, 6) is 0.544. The Morgan fingerprint density at radius 2 is 1.71 bits per heavy atom. The summed E-state index contributed by atoms with van der Waals surface area (Å²) in [4.78, 5) is 16.6. The number of allylic oxidation sites excluding steroid dienone is 1. The van der Waals surface area contributed by atoms with Gasteiger partial charge in [0.05, 0.1) is 5.69 Å². The average molecular weight is 484 g/mol. The van der Waals surface area contributed by atoms with E-state index in [1.165, 1.54) is 5.56 Å². The Kier molecular flexibility index (Phi) is 9.69. The van der Waals surface area contributed by atoms with Crippen molar-refractivity contribution in [3.63, 3.8) is 0 Å². The molecule has 1 heterocycles. The first kappa shape index (κ1) is 28.1. The number of aliphatic imine (C=N–C) groups is 1. The monoisotopic (exact) mass is 483 g/mol. The van der Waals surface area contributed by atoms with Gasteiger partial charge in [0.25, 0.3) is 0 Å². The zero-order chi connectivity index (χ0) is 26.3. The van der Waals surface area contributed by atoms with Gasteiger partial charge in [-0.05, 0) is 50.7 Å². The van der Waals surface area contributed by atoms with Crippen molar-refractivity contribution < 1.29 is 19.0 Å². The van der Waals surface area contributed by atoms with E-state index in [-0.39, 0.29) is 11.5 Å². The smallest absolute Gasteiger partial charge is 0.452 e. The van der Waals surface area contributed by atoms with Gasteiger partial charge in [-0.3, -0.25) is 9.67 Å². The highest BCUT2D eigenvalue weighted by Crippen LogP contribution is 2.32. The molecule has 0 radical (unpaired) electrons. The van der Waals surface area contributed by atoms with Crippen LogP contribution in [0.15, 0.2) is 29.3 Å². The van der Waals surface area contributed by atoms with Crippen LogP contribution in [-0.2, 0) is 26.2 Å². The van der Waals surface area contributed by atoms with Crippen molar-refractivity contribution in [1.29, 1.82) is 0 Å². The van der Waals surface area contributed by atoms with Gasteiger partial charge >= 0.3 is 6.16 Å². The zero-order valence-corrected chi connectivity index (χ0v) is 22.9. The Morgan fingerprint density at radius 3 is 2.23 bits per heavy atom. The van der Waals surface area contributed by atoms with E-state index >= 15 is 0 Å². The van der Waals surface area contributed by atoms with Crippen LogP contribution in [0, 0.1) is 13.8 Å². The quantitative estimate of drug-likeness (QED) is 0.172. The molecule has 2 unspecified atom stereocenters. The van der Waals surface area contributed by atoms with Crippen LogP contribution in [0.4, 0.5) is 4.79 Å². The molecule has 1 aromatic heterocycles. The van der Waals surface area contributed by atoms with Crippen molar-refractivity contribution in [2.45, 2.75) is 93.1 Å². The molecule has 0 aliphatic carbocycles. The standard InChI is InChI=1S/C28H41N3O4/c1-11-18(3)33-27(32)35-21(6)34-26(25-19(4)20(5)30-31(25)12-2)24(17-29-10)22-13-15-23(16-14-22)28(7,8)9/h13-18,21H,11-12H2,1-10H3/b26-24-,29-17?. The fourth-order valence-corrected chi connectivity index (χ4v) is 3.58. The van der Waals surface area contributed by atoms with E-state index in [9.17, 15) is 4.79 Å². The van der Waals surface area contributed by atoms with Crippen LogP contribution >= 0.6 is 0 Å². The van der Waals surface area contributed by atoms with Crippen molar-refractivity contribution in [2.75, 3.05) is 7.05 Å². The molecule has 0 N–H and O–H groups in total. The topological polar surface area (TPSA) is 74.9 Å². The summed E-state index contributed by atoms with van der Waals surface area (Å²) >= 11 is 0. The molecule has 7 heteroatoms. The molecule has 0 aliphatic heterocycles. The second-order valence-electron chi connectivity index (χ2n) is 9.72. The van der Waals surface area contributed by atoms with E-state index < -0.39 is 12.4 Å². The van der Waals surface area contributed by atoms with E-state index in [0.717, 1.165) is 28.1 Å². The van der Waals surface area contributed by atoms with Crippen LogP contribution < -0.4 is 0 Å². The maximum Gasteiger partial charge on any atom is 0.511 e. The summed E-state index contributed by atoms with van der Waals surface area (Å²) in [6.07, 6.45) is 0.581. The van der Waals surface area contributed by atoms with Gasteiger partial charge in [0.2, 0.25) is 6.29 Å². The highest BCUT2D eigenvalue weighted by atomic mass is 16.8. The van der Waals surface area contributed by atoms with E-state index in [0.29, 0.717) is 18.7 Å². The molecule has 2 rings (SSSR count). The summed E-state index contributed by atoms with van der Waals surface area (Å²) in [7, 11) is 1.72. The number of aryl methyl sites for hydroxylation is 2. The van der Waals surface area contributed by atoms with Gasteiger partial charge in [0, 0.05) is 37.9 Å². The van der Waals surface area contributed by atoms with Crippen molar-refractivity contribution in [3.05, 3.63) is 52.3 Å². The molecular formula is C28H41N3O4. The lowest BCUT2D eigenvalue weighted by atomic mass is 9.86. The van der Waals surface area contributed by atoms with Gasteiger partial charge in [-0.2, -0.15) is 5.10 Å². The summed E-state index contributed by atoms with van der Waals surface area (Å²) in [6, 6.07) is 8.38. The first-order chi connectivity index (χ1) is 16.4. The fourth-order valence-electron chi connectivity index (χ4n) is 3.58. The number of ether oxygens (including phenoxy) is 3. The molecule has 0 spiro atoms. The largest absolute Gasteiger partial charge is 0.511 e. The molecule has 2 atom stereocenters. The molecule has 2 aromatic rings. The van der Waals surface area contributed by atoms with Gasteiger partial charge in [-0.15, -0.1) is 0 Å². The molecule has 0 aliphatic rings. The third-order valence-electron chi connectivity index (χ3n) is 5.92. The third-order valence-corrected chi connectivity index (χ3v) is 5.92. The molecule has 0 saturated carbocycles. The molecule has 1 aromatic carbocycles. The lowest BCUT2D eigenvalue weighted by Gasteiger charge is -2.22. The number of carbonyl (C=O) groups is 1. The highest BCUT2D eigenvalue weighted by Gasteiger charge is 2.25. The number of hydrogen-bond donors (Lipinski definition) is 0. The minimum Gasteiger partial charge on any atom is -0.452 e. The third kappa shape index (κ3) is 7.20. The Bertz CT molecular complexity index is 1060. The predicted molar refractivity (Wildman–Crippen MR) is 142 cm³/mol. The van der Waals surface area contributed by atoms with E-state index in [1.54, 1.807) is 20.2 Å². The van der Waals surface area contributed by atoms with Crippen LogP contribution in [0.3, 0.4) is 0 Å². The first-order valence-electron chi connectivity index (χ1n) is 12.3. The van der Waals surface area contributed by atoms with Gasteiger partial charge in [-0.1, -0.05) is 52.0 Å². The second-order valence-corrected chi connectivity index (χ2v) is 9.72. The van der Waals surface area contributed by atoms with E-state index in [2.05, 4.69) is 55.1 Å². The molecule has 0 amide bonds. The number of carbonyl (C=O) groups excluding carboxylic acids is 1. The molecule has 192 valence electrons. The van der Waals surface area contributed by atoms with Crippen LogP contribution in [0.5, 0.6) is 0 Å². The first-order valence-corrected chi connectivity index (χ1v) is 12.3. The molecule has 0 fully saturated rings. The Hall–Kier alpha value is -3.09. The van der Waals surface area contributed by atoms with Crippen molar-refractivity contribution in [3.8, 4) is 0 Å². The minimum atomic E-state index is -0.893. The van der Waals surface area contributed by atoms with Gasteiger partial charge < -0.3 is 14.2 Å².